The predicted molar refractivity (Wildman–Crippen MR) is 107 cm³/mol. The SMILES string of the molecule is CC[C@H](Oc1ccc2c(c1)CCCC2)C(=O)N[C@H](C)c1ccccc1OC. The van der Waals surface area contributed by atoms with E-state index < -0.39 is 6.10 Å². The molecule has 4 heteroatoms. The molecule has 1 N–H and O–H groups in total. The Labute approximate surface area is 161 Å². The lowest BCUT2D eigenvalue weighted by atomic mass is 9.92. The number of nitrogens with one attached hydrogen (secondary N) is 1. The third kappa shape index (κ3) is 4.62. The van der Waals surface area contributed by atoms with Gasteiger partial charge in [0, 0.05) is 5.56 Å². The first-order chi connectivity index (χ1) is 13.1. The van der Waals surface area contributed by atoms with Gasteiger partial charge in [0.15, 0.2) is 6.10 Å². The number of amides is 1. The second kappa shape index (κ2) is 8.94. The topological polar surface area (TPSA) is 47.6 Å². The number of carbonyl (C=O) groups excluding carboxylic acids is 1. The number of para-hydroxylation sites is 1. The van der Waals surface area contributed by atoms with Crippen molar-refractivity contribution in [3.63, 3.8) is 0 Å². The predicted octanol–water partition coefficient (Wildman–Crippen LogP) is 4.61. The summed E-state index contributed by atoms with van der Waals surface area (Å²) in [4.78, 5) is 12.8. The Morgan fingerprint density at radius 1 is 1.11 bits per heavy atom. The van der Waals surface area contributed by atoms with Crippen LogP contribution < -0.4 is 14.8 Å². The molecule has 0 saturated heterocycles. The third-order valence-electron chi connectivity index (χ3n) is 5.23. The number of fused-ring (bicyclic) bond motifs is 1. The molecule has 3 rings (SSSR count). The molecule has 0 heterocycles. The van der Waals surface area contributed by atoms with Gasteiger partial charge in [-0.3, -0.25) is 4.79 Å². The van der Waals surface area contributed by atoms with Crippen LogP contribution in [0.5, 0.6) is 11.5 Å². The lowest BCUT2D eigenvalue weighted by molar-refractivity contribution is -0.128. The normalized spacial score (nSPS) is 15.4. The summed E-state index contributed by atoms with van der Waals surface area (Å²) >= 11 is 0. The summed E-state index contributed by atoms with van der Waals surface area (Å²) in [5.74, 6) is 1.45. The van der Waals surface area contributed by atoms with Crippen LogP contribution in [0.3, 0.4) is 0 Å². The first kappa shape index (κ1) is 19.3. The quantitative estimate of drug-likeness (QED) is 0.777. The maximum atomic E-state index is 12.8. The zero-order chi connectivity index (χ0) is 19.2. The van der Waals surface area contributed by atoms with Crippen molar-refractivity contribution in [2.24, 2.45) is 0 Å². The first-order valence-corrected chi connectivity index (χ1v) is 9.84. The van der Waals surface area contributed by atoms with Gasteiger partial charge in [0.05, 0.1) is 13.2 Å². The van der Waals surface area contributed by atoms with Gasteiger partial charge in [0.1, 0.15) is 11.5 Å². The molecule has 0 aromatic heterocycles. The van der Waals surface area contributed by atoms with E-state index in [0.29, 0.717) is 6.42 Å². The third-order valence-corrected chi connectivity index (χ3v) is 5.23. The van der Waals surface area contributed by atoms with Crippen molar-refractivity contribution < 1.29 is 14.3 Å². The van der Waals surface area contributed by atoms with Crippen LogP contribution in [-0.4, -0.2) is 19.1 Å². The molecular formula is C23H29NO3. The average Bonchev–Trinajstić information content (AvgIpc) is 2.71. The lowest BCUT2D eigenvalue weighted by Crippen LogP contribution is -2.39. The summed E-state index contributed by atoms with van der Waals surface area (Å²) in [6.45, 7) is 3.93. The minimum Gasteiger partial charge on any atom is -0.496 e. The highest BCUT2D eigenvalue weighted by atomic mass is 16.5. The van der Waals surface area contributed by atoms with E-state index in [9.17, 15) is 4.79 Å². The van der Waals surface area contributed by atoms with E-state index in [4.69, 9.17) is 9.47 Å². The number of hydrogen-bond donors (Lipinski definition) is 1. The highest BCUT2D eigenvalue weighted by Crippen LogP contribution is 2.27. The molecule has 27 heavy (non-hydrogen) atoms. The average molecular weight is 367 g/mol. The maximum absolute atomic E-state index is 12.8. The maximum Gasteiger partial charge on any atom is 0.261 e. The van der Waals surface area contributed by atoms with Gasteiger partial charge in [-0.2, -0.15) is 0 Å². The van der Waals surface area contributed by atoms with Crippen LogP contribution in [0.25, 0.3) is 0 Å². The van der Waals surface area contributed by atoms with Crippen molar-refractivity contribution in [3.05, 3.63) is 59.2 Å². The zero-order valence-electron chi connectivity index (χ0n) is 16.5. The Hall–Kier alpha value is -2.49. The second-order valence-corrected chi connectivity index (χ2v) is 7.12. The molecule has 1 aliphatic carbocycles. The summed E-state index contributed by atoms with van der Waals surface area (Å²) < 4.78 is 11.4. The fraction of sp³-hybridized carbons (Fsp3) is 0.435. The van der Waals surface area contributed by atoms with E-state index in [-0.39, 0.29) is 11.9 Å². The number of benzene rings is 2. The van der Waals surface area contributed by atoms with E-state index in [1.165, 1.54) is 24.0 Å². The van der Waals surface area contributed by atoms with Gasteiger partial charge in [0.2, 0.25) is 0 Å². The molecule has 2 aromatic rings. The molecule has 2 atom stereocenters. The summed E-state index contributed by atoms with van der Waals surface area (Å²) in [6, 6.07) is 13.8. The smallest absolute Gasteiger partial charge is 0.261 e. The Balaban J connectivity index is 1.67. The Morgan fingerprint density at radius 3 is 2.59 bits per heavy atom. The van der Waals surface area contributed by atoms with Crippen LogP contribution in [0.4, 0.5) is 0 Å². The van der Waals surface area contributed by atoms with Gasteiger partial charge in [-0.25, -0.2) is 0 Å². The Kier molecular flexibility index (Phi) is 6.38. The largest absolute Gasteiger partial charge is 0.496 e. The molecule has 0 radical (unpaired) electrons. The number of ether oxygens (including phenoxy) is 2. The van der Waals surface area contributed by atoms with Gasteiger partial charge >= 0.3 is 0 Å². The van der Waals surface area contributed by atoms with Crippen LogP contribution in [0.15, 0.2) is 42.5 Å². The number of rotatable bonds is 7. The van der Waals surface area contributed by atoms with Crippen LogP contribution in [0, 0.1) is 0 Å². The van der Waals surface area contributed by atoms with Crippen molar-refractivity contribution in [1.82, 2.24) is 5.32 Å². The van der Waals surface area contributed by atoms with Crippen molar-refractivity contribution >= 4 is 5.91 Å². The van der Waals surface area contributed by atoms with Gasteiger partial charge in [-0.1, -0.05) is 31.2 Å². The van der Waals surface area contributed by atoms with Crippen molar-refractivity contribution in [2.45, 2.75) is 58.1 Å². The van der Waals surface area contributed by atoms with Crippen molar-refractivity contribution in [1.29, 1.82) is 0 Å². The van der Waals surface area contributed by atoms with Crippen LogP contribution in [-0.2, 0) is 17.6 Å². The van der Waals surface area contributed by atoms with Gasteiger partial charge in [0.25, 0.3) is 5.91 Å². The van der Waals surface area contributed by atoms with Crippen LogP contribution in [0.1, 0.15) is 55.8 Å². The Morgan fingerprint density at radius 2 is 1.85 bits per heavy atom. The summed E-state index contributed by atoms with van der Waals surface area (Å²) in [5.41, 5.74) is 3.73. The number of methoxy groups -OCH3 is 1. The van der Waals surface area contributed by atoms with E-state index in [2.05, 4.69) is 17.4 Å². The molecule has 0 bridgehead atoms. The van der Waals surface area contributed by atoms with Gasteiger partial charge in [-0.15, -0.1) is 0 Å². The molecule has 0 fully saturated rings. The van der Waals surface area contributed by atoms with Crippen LogP contribution >= 0.6 is 0 Å². The molecule has 4 nitrogen and oxygen atoms in total. The molecule has 0 saturated carbocycles. The monoisotopic (exact) mass is 367 g/mol. The summed E-state index contributed by atoms with van der Waals surface area (Å²) in [5, 5.41) is 3.06. The fourth-order valence-corrected chi connectivity index (χ4v) is 3.68. The molecule has 144 valence electrons. The molecule has 1 amide bonds. The highest BCUT2D eigenvalue weighted by Gasteiger charge is 2.22. The number of hydrogen-bond acceptors (Lipinski definition) is 3. The molecule has 0 aliphatic heterocycles. The highest BCUT2D eigenvalue weighted by molar-refractivity contribution is 5.81. The fourth-order valence-electron chi connectivity index (χ4n) is 3.68. The summed E-state index contributed by atoms with van der Waals surface area (Å²) in [6.07, 6.45) is 4.83. The Bertz CT molecular complexity index is 787. The van der Waals surface area contributed by atoms with Crippen LogP contribution in [0.2, 0.25) is 0 Å². The number of carbonyl (C=O) groups is 1. The standard InChI is InChI=1S/C23H29NO3/c1-4-21(27-19-14-13-17-9-5-6-10-18(17)15-19)23(25)24-16(2)20-11-7-8-12-22(20)26-3/h7-8,11-16,21H,4-6,9-10H2,1-3H3,(H,24,25)/t16-,21+/m1/s1. The summed E-state index contributed by atoms with van der Waals surface area (Å²) in [7, 11) is 1.64. The lowest BCUT2D eigenvalue weighted by Gasteiger charge is -2.23. The number of aryl methyl sites for hydroxylation is 2. The molecule has 0 unspecified atom stereocenters. The van der Waals surface area contributed by atoms with Crippen molar-refractivity contribution in [2.75, 3.05) is 7.11 Å². The molecule has 0 spiro atoms. The molecular weight excluding hydrogens is 338 g/mol. The minimum atomic E-state index is -0.510. The zero-order valence-corrected chi connectivity index (χ0v) is 16.5. The first-order valence-electron chi connectivity index (χ1n) is 9.84. The second-order valence-electron chi connectivity index (χ2n) is 7.12. The van der Waals surface area contributed by atoms with E-state index in [1.807, 2.05) is 44.2 Å². The van der Waals surface area contributed by atoms with E-state index >= 15 is 0 Å². The van der Waals surface area contributed by atoms with Gasteiger partial charge in [-0.05, 0) is 68.4 Å². The molecule has 1 aliphatic rings. The van der Waals surface area contributed by atoms with Crippen molar-refractivity contribution in [3.8, 4) is 11.5 Å². The van der Waals surface area contributed by atoms with E-state index in [1.54, 1.807) is 7.11 Å². The van der Waals surface area contributed by atoms with E-state index in [0.717, 1.165) is 29.9 Å². The van der Waals surface area contributed by atoms with Gasteiger partial charge < -0.3 is 14.8 Å². The minimum absolute atomic E-state index is 0.103. The molecule has 2 aromatic carbocycles.